The number of hydrogen-bond donors (Lipinski definition) is 0. The summed E-state index contributed by atoms with van der Waals surface area (Å²) in [5.41, 5.74) is -2.25. The topological polar surface area (TPSA) is 40.6 Å². The molecule has 0 aromatic heterocycles. The maximum Gasteiger partial charge on any atom is 0.416 e. The second-order valence-electron chi connectivity index (χ2n) is 8.64. The zero-order valence-electron chi connectivity index (χ0n) is 19.0. The van der Waals surface area contributed by atoms with Gasteiger partial charge in [-0.2, -0.15) is 26.3 Å². The van der Waals surface area contributed by atoms with Crippen LogP contribution >= 0.6 is 0 Å². The van der Waals surface area contributed by atoms with Crippen molar-refractivity contribution in [3.8, 4) is 0 Å². The first-order valence-electron chi connectivity index (χ1n) is 10.7. The number of aryl methyl sites for hydroxylation is 1. The molecule has 0 N–H and O–H groups in total. The fourth-order valence-corrected chi connectivity index (χ4v) is 4.35. The van der Waals surface area contributed by atoms with Crippen LogP contribution in [0.2, 0.25) is 0 Å². The van der Waals surface area contributed by atoms with Crippen molar-refractivity contribution in [2.75, 3.05) is 13.6 Å². The number of benzene rings is 2. The molecule has 190 valence electrons. The highest BCUT2D eigenvalue weighted by Crippen LogP contribution is 2.41. The summed E-state index contributed by atoms with van der Waals surface area (Å²) in [6, 6.07) is 2.53. The first-order valence-corrected chi connectivity index (χ1v) is 10.7. The lowest BCUT2D eigenvalue weighted by Crippen LogP contribution is -2.42. The molecule has 0 saturated carbocycles. The Morgan fingerprint density at radius 3 is 2.11 bits per heavy atom. The fourth-order valence-electron chi connectivity index (χ4n) is 4.35. The van der Waals surface area contributed by atoms with E-state index in [1.165, 1.54) is 37.1 Å². The monoisotopic (exact) mass is 504 g/mol. The lowest BCUT2D eigenvalue weighted by atomic mass is 9.92. The summed E-state index contributed by atoms with van der Waals surface area (Å²) < 4.78 is 93.3. The van der Waals surface area contributed by atoms with Crippen LogP contribution in [0.25, 0.3) is 0 Å². The zero-order chi connectivity index (χ0) is 26.3. The van der Waals surface area contributed by atoms with Crippen LogP contribution < -0.4 is 0 Å². The van der Waals surface area contributed by atoms with Gasteiger partial charge in [0.15, 0.2) is 0 Å². The molecule has 4 nitrogen and oxygen atoms in total. The van der Waals surface area contributed by atoms with Gasteiger partial charge in [0, 0.05) is 19.5 Å². The lowest BCUT2D eigenvalue weighted by Gasteiger charge is -2.35. The number of carbonyl (C=O) groups excluding carboxylic acids is 2. The second kappa shape index (κ2) is 9.50. The third kappa shape index (κ3) is 5.43. The van der Waals surface area contributed by atoms with Crippen LogP contribution in [0.3, 0.4) is 0 Å². The van der Waals surface area contributed by atoms with E-state index in [0.29, 0.717) is 36.0 Å². The molecule has 3 rings (SSSR count). The Bertz CT molecular complexity index is 1080. The summed E-state index contributed by atoms with van der Waals surface area (Å²) in [7, 11) is 1.27. The summed E-state index contributed by atoms with van der Waals surface area (Å²) in [5, 5.41) is 0. The molecule has 1 fully saturated rings. The highest BCUT2D eigenvalue weighted by Gasteiger charge is 2.41. The minimum Gasteiger partial charge on any atom is -0.321 e. The van der Waals surface area contributed by atoms with E-state index in [9.17, 15) is 40.3 Å². The van der Waals surface area contributed by atoms with Gasteiger partial charge in [0.05, 0.1) is 23.2 Å². The van der Waals surface area contributed by atoms with E-state index in [1.54, 1.807) is 6.92 Å². The molecular weight excluding hydrogens is 481 g/mol. The first kappa shape index (κ1) is 26.5. The Balaban J connectivity index is 1.97. The van der Waals surface area contributed by atoms with Crippen LogP contribution in [0.1, 0.15) is 53.2 Å². The van der Waals surface area contributed by atoms with Crippen molar-refractivity contribution >= 4 is 12.3 Å². The second-order valence-corrected chi connectivity index (χ2v) is 8.64. The Morgan fingerprint density at radius 1 is 1.06 bits per heavy atom. The number of urea groups is 1. The maximum absolute atomic E-state index is 13.6. The number of halogens is 7. The number of alkyl halides is 6. The minimum atomic E-state index is -5.02. The largest absolute Gasteiger partial charge is 0.416 e. The van der Waals surface area contributed by atoms with Crippen LogP contribution in [0.5, 0.6) is 0 Å². The quantitative estimate of drug-likeness (QED) is 0.350. The van der Waals surface area contributed by atoms with Gasteiger partial charge in [-0.15, -0.1) is 0 Å². The summed E-state index contributed by atoms with van der Waals surface area (Å²) in [6.07, 6.45) is -9.04. The third-order valence-corrected chi connectivity index (χ3v) is 6.39. The molecule has 1 saturated heterocycles. The van der Waals surface area contributed by atoms with Gasteiger partial charge in [-0.25, -0.2) is 9.18 Å². The lowest BCUT2D eigenvalue weighted by molar-refractivity contribution is -0.143. The van der Waals surface area contributed by atoms with E-state index >= 15 is 0 Å². The molecular formula is C24H23F7N2O2. The summed E-state index contributed by atoms with van der Waals surface area (Å²) >= 11 is 0. The number of carbonyl (C=O) groups is 2. The standard InChI is InChI=1S/C24H23F7N2O2/c1-13-8-19(25)4-5-20(13)21-15(12-34)6-7-33(21)22(35)32(3)14(2)16-9-17(23(26,27)28)11-18(10-16)24(29,30)31/h4-5,8-12,14-15,21H,6-7H2,1-3H3/t14-,15+,21-/m1/s1. The highest BCUT2D eigenvalue weighted by atomic mass is 19.4. The average molecular weight is 504 g/mol. The number of aldehydes is 1. The Kier molecular flexibility index (Phi) is 7.19. The third-order valence-electron chi connectivity index (χ3n) is 6.39. The number of nitrogens with zero attached hydrogens (tertiary/aromatic N) is 2. The van der Waals surface area contributed by atoms with Gasteiger partial charge in [0.2, 0.25) is 0 Å². The Hall–Kier alpha value is -3.11. The predicted octanol–water partition coefficient (Wildman–Crippen LogP) is 6.55. The van der Waals surface area contributed by atoms with E-state index in [-0.39, 0.29) is 18.2 Å². The normalized spacial score (nSPS) is 19.5. The molecule has 1 aliphatic rings. The molecule has 2 amide bonds. The van der Waals surface area contributed by atoms with Crippen molar-refractivity contribution in [1.82, 2.24) is 9.80 Å². The van der Waals surface area contributed by atoms with Gasteiger partial charge in [-0.1, -0.05) is 6.07 Å². The van der Waals surface area contributed by atoms with Gasteiger partial charge < -0.3 is 14.6 Å². The maximum atomic E-state index is 13.6. The van der Waals surface area contributed by atoms with Crippen molar-refractivity contribution in [2.45, 2.75) is 44.7 Å². The van der Waals surface area contributed by atoms with Crippen molar-refractivity contribution in [2.24, 2.45) is 5.92 Å². The SMILES string of the molecule is Cc1cc(F)ccc1[C@H]1[C@H](C=O)CCN1C(=O)N(C)[C@H](C)c1cc(C(F)(F)F)cc(C(F)(F)F)c1. The van der Waals surface area contributed by atoms with Crippen molar-refractivity contribution in [3.05, 3.63) is 70.0 Å². The molecule has 0 radical (unpaired) electrons. The van der Waals surface area contributed by atoms with E-state index in [4.69, 9.17) is 0 Å². The summed E-state index contributed by atoms with van der Waals surface area (Å²) in [4.78, 5) is 27.4. The predicted molar refractivity (Wildman–Crippen MR) is 113 cm³/mol. The smallest absolute Gasteiger partial charge is 0.321 e. The van der Waals surface area contributed by atoms with E-state index in [1.807, 2.05) is 0 Å². The zero-order valence-corrected chi connectivity index (χ0v) is 19.0. The fraction of sp³-hybridized carbons (Fsp3) is 0.417. The van der Waals surface area contributed by atoms with Crippen molar-refractivity contribution in [3.63, 3.8) is 0 Å². The number of hydrogen-bond acceptors (Lipinski definition) is 2. The van der Waals surface area contributed by atoms with Gasteiger partial charge in [-0.3, -0.25) is 0 Å². The van der Waals surface area contributed by atoms with Crippen molar-refractivity contribution in [1.29, 1.82) is 0 Å². The average Bonchev–Trinajstić information content (AvgIpc) is 3.19. The first-order chi connectivity index (χ1) is 16.1. The van der Waals surface area contributed by atoms with Crippen LogP contribution in [-0.4, -0.2) is 35.7 Å². The van der Waals surface area contributed by atoms with Gasteiger partial charge in [0.25, 0.3) is 0 Å². The molecule has 0 spiro atoms. The molecule has 3 atom stereocenters. The number of rotatable bonds is 4. The molecule has 1 heterocycles. The van der Waals surface area contributed by atoms with E-state index in [2.05, 4.69) is 0 Å². The number of amides is 2. The van der Waals surface area contributed by atoms with Gasteiger partial charge in [-0.05, 0) is 67.3 Å². The molecule has 1 aliphatic heterocycles. The van der Waals surface area contributed by atoms with Crippen LogP contribution in [0.15, 0.2) is 36.4 Å². The molecule has 0 aliphatic carbocycles. The molecule has 2 aromatic rings. The molecule has 0 bridgehead atoms. The Morgan fingerprint density at radius 2 is 1.63 bits per heavy atom. The molecule has 35 heavy (non-hydrogen) atoms. The van der Waals surface area contributed by atoms with Crippen LogP contribution in [-0.2, 0) is 17.1 Å². The van der Waals surface area contributed by atoms with E-state index < -0.39 is 53.3 Å². The summed E-state index contributed by atoms with van der Waals surface area (Å²) in [6.45, 7) is 3.07. The highest BCUT2D eigenvalue weighted by molar-refractivity contribution is 5.77. The van der Waals surface area contributed by atoms with Crippen LogP contribution in [0.4, 0.5) is 35.5 Å². The minimum absolute atomic E-state index is 0.0283. The molecule has 2 aromatic carbocycles. The van der Waals surface area contributed by atoms with Gasteiger partial charge in [0.1, 0.15) is 12.1 Å². The van der Waals surface area contributed by atoms with Crippen LogP contribution in [0, 0.1) is 18.7 Å². The van der Waals surface area contributed by atoms with E-state index in [0.717, 1.165) is 4.90 Å². The number of likely N-dealkylation sites (tertiary alicyclic amines) is 1. The van der Waals surface area contributed by atoms with Crippen molar-refractivity contribution < 1.29 is 40.3 Å². The Labute approximate surface area is 197 Å². The molecule has 0 unspecified atom stereocenters. The summed E-state index contributed by atoms with van der Waals surface area (Å²) in [5.74, 6) is -1.10. The van der Waals surface area contributed by atoms with Gasteiger partial charge >= 0.3 is 18.4 Å². The molecule has 11 heteroatoms.